The van der Waals surface area contributed by atoms with Crippen molar-refractivity contribution in [2.45, 2.75) is 65.0 Å². The highest BCUT2D eigenvalue weighted by atomic mass is 16.6. The first-order valence-electron chi connectivity index (χ1n) is 11.3. The maximum atomic E-state index is 12.6. The third-order valence-electron chi connectivity index (χ3n) is 5.44. The summed E-state index contributed by atoms with van der Waals surface area (Å²) in [6.45, 7) is 9.09. The molecule has 0 bridgehead atoms. The van der Waals surface area contributed by atoms with Gasteiger partial charge in [-0.05, 0) is 69.0 Å². The zero-order valence-corrected chi connectivity index (χ0v) is 19.3. The second kappa shape index (κ2) is 9.18. The lowest BCUT2D eigenvalue weighted by Crippen LogP contribution is -2.36. The largest absolute Gasteiger partial charge is 0.494 e. The fraction of sp³-hybridized carbons (Fsp3) is 0.480. The lowest BCUT2D eigenvalue weighted by atomic mass is 10.1. The van der Waals surface area contributed by atoms with E-state index in [4.69, 9.17) is 14.0 Å². The first-order valence-corrected chi connectivity index (χ1v) is 11.3. The van der Waals surface area contributed by atoms with Crippen LogP contribution in [-0.4, -0.2) is 39.9 Å². The number of nitrogens with zero attached hydrogens (tertiary/aromatic N) is 3. The van der Waals surface area contributed by atoms with Crippen LogP contribution in [0.1, 0.15) is 65.3 Å². The third-order valence-corrected chi connectivity index (χ3v) is 5.44. The van der Waals surface area contributed by atoms with Crippen molar-refractivity contribution in [3.63, 3.8) is 0 Å². The van der Waals surface area contributed by atoms with E-state index >= 15 is 0 Å². The molecule has 0 saturated carbocycles. The van der Waals surface area contributed by atoms with Gasteiger partial charge in [0.2, 0.25) is 11.7 Å². The standard InChI is InChI=1S/C25H31N3O4/c1-5-6-14-30-20-12-11-17-15-19(10-9-18(17)16-20)22-26-23(32-27-22)21-8-7-13-28(21)24(29)31-25(2,3)4/h9-12,15-16,21H,5-8,13-14H2,1-4H3. The van der Waals surface area contributed by atoms with Crippen molar-refractivity contribution in [2.24, 2.45) is 0 Å². The van der Waals surface area contributed by atoms with Gasteiger partial charge in [-0.1, -0.05) is 36.7 Å². The summed E-state index contributed by atoms with van der Waals surface area (Å²) >= 11 is 0. The molecule has 3 aromatic rings. The van der Waals surface area contributed by atoms with Crippen LogP contribution in [0.5, 0.6) is 5.75 Å². The Balaban J connectivity index is 1.51. The van der Waals surface area contributed by atoms with Crippen molar-refractivity contribution in [2.75, 3.05) is 13.2 Å². The summed E-state index contributed by atoms with van der Waals surface area (Å²) in [5, 5.41) is 6.36. The van der Waals surface area contributed by atoms with Gasteiger partial charge in [0.15, 0.2) is 0 Å². The van der Waals surface area contributed by atoms with Gasteiger partial charge in [0.05, 0.1) is 6.61 Å². The van der Waals surface area contributed by atoms with Gasteiger partial charge in [-0.25, -0.2) is 4.79 Å². The van der Waals surface area contributed by atoms with Crippen LogP contribution in [0.4, 0.5) is 4.79 Å². The molecule has 1 fully saturated rings. The van der Waals surface area contributed by atoms with E-state index in [-0.39, 0.29) is 12.1 Å². The summed E-state index contributed by atoms with van der Waals surface area (Å²) in [6, 6.07) is 11.9. The molecule has 0 N–H and O–H groups in total. The van der Waals surface area contributed by atoms with E-state index in [9.17, 15) is 4.79 Å². The second-order valence-corrected chi connectivity index (χ2v) is 9.21. The number of aromatic nitrogens is 2. The third kappa shape index (κ3) is 5.03. The number of ether oxygens (including phenoxy) is 2. The summed E-state index contributed by atoms with van der Waals surface area (Å²) in [4.78, 5) is 18.9. The van der Waals surface area contributed by atoms with E-state index in [0.717, 1.165) is 54.4 Å². The molecule has 32 heavy (non-hydrogen) atoms. The molecule has 7 nitrogen and oxygen atoms in total. The van der Waals surface area contributed by atoms with Crippen LogP contribution in [0.15, 0.2) is 40.9 Å². The molecular formula is C25H31N3O4. The first-order chi connectivity index (χ1) is 15.3. The van der Waals surface area contributed by atoms with Crippen molar-refractivity contribution < 1.29 is 18.8 Å². The summed E-state index contributed by atoms with van der Waals surface area (Å²) < 4.78 is 16.9. The number of amides is 1. The molecule has 170 valence electrons. The van der Waals surface area contributed by atoms with Crippen LogP contribution in [0.3, 0.4) is 0 Å². The van der Waals surface area contributed by atoms with E-state index in [1.165, 1.54) is 0 Å². The quantitative estimate of drug-likeness (QED) is 0.431. The van der Waals surface area contributed by atoms with E-state index in [2.05, 4.69) is 17.1 Å². The molecule has 1 atom stereocenters. The van der Waals surface area contributed by atoms with Crippen molar-refractivity contribution in [1.82, 2.24) is 15.0 Å². The lowest BCUT2D eigenvalue weighted by molar-refractivity contribution is 0.0199. The predicted octanol–water partition coefficient (Wildman–Crippen LogP) is 6.14. The minimum Gasteiger partial charge on any atom is -0.494 e. The van der Waals surface area contributed by atoms with Gasteiger partial charge in [0.25, 0.3) is 0 Å². The van der Waals surface area contributed by atoms with Gasteiger partial charge in [-0.2, -0.15) is 4.98 Å². The van der Waals surface area contributed by atoms with Crippen molar-refractivity contribution in [3.8, 4) is 17.1 Å². The summed E-state index contributed by atoms with van der Waals surface area (Å²) in [6.07, 6.45) is 3.46. The van der Waals surface area contributed by atoms with E-state index in [0.29, 0.717) is 18.3 Å². The van der Waals surface area contributed by atoms with Crippen LogP contribution in [0.25, 0.3) is 22.2 Å². The molecule has 0 radical (unpaired) electrons. The normalized spacial score (nSPS) is 16.5. The Morgan fingerprint density at radius 3 is 2.75 bits per heavy atom. The van der Waals surface area contributed by atoms with Crippen molar-refractivity contribution in [1.29, 1.82) is 0 Å². The predicted molar refractivity (Wildman–Crippen MR) is 123 cm³/mol. The number of rotatable bonds is 6. The summed E-state index contributed by atoms with van der Waals surface area (Å²) in [5.41, 5.74) is 0.324. The Morgan fingerprint density at radius 2 is 1.97 bits per heavy atom. The molecule has 0 spiro atoms. The van der Waals surface area contributed by atoms with Gasteiger partial charge in [0, 0.05) is 12.1 Å². The number of carbonyl (C=O) groups excluding carboxylic acids is 1. The number of carbonyl (C=O) groups is 1. The van der Waals surface area contributed by atoms with Gasteiger partial charge >= 0.3 is 6.09 Å². The van der Waals surface area contributed by atoms with Crippen LogP contribution < -0.4 is 4.74 Å². The molecule has 1 amide bonds. The van der Waals surface area contributed by atoms with Gasteiger partial charge in [0.1, 0.15) is 17.4 Å². The average Bonchev–Trinajstić information content (AvgIpc) is 3.42. The molecule has 1 aliphatic heterocycles. The number of benzene rings is 2. The molecule has 7 heteroatoms. The number of fused-ring (bicyclic) bond motifs is 1. The van der Waals surface area contributed by atoms with Crippen molar-refractivity contribution in [3.05, 3.63) is 42.3 Å². The Morgan fingerprint density at radius 1 is 1.19 bits per heavy atom. The molecule has 2 aromatic carbocycles. The summed E-state index contributed by atoms with van der Waals surface area (Å²) in [7, 11) is 0. The van der Waals surface area contributed by atoms with E-state index in [1.54, 1.807) is 4.90 Å². The maximum Gasteiger partial charge on any atom is 0.410 e. The number of hydrogen-bond donors (Lipinski definition) is 0. The first kappa shape index (κ1) is 22.1. The summed E-state index contributed by atoms with van der Waals surface area (Å²) in [5.74, 6) is 1.84. The molecule has 0 aliphatic carbocycles. The highest BCUT2D eigenvalue weighted by molar-refractivity contribution is 5.87. The van der Waals surface area contributed by atoms with Crippen LogP contribution in [0.2, 0.25) is 0 Å². The molecule has 2 heterocycles. The number of hydrogen-bond acceptors (Lipinski definition) is 6. The Bertz CT molecular complexity index is 1090. The zero-order chi connectivity index (χ0) is 22.7. The highest BCUT2D eigenvalue weighted by Crippen LogP contribution is 2.34. The fourth-order valence-corrected chi connectivity index (χ4v) is 3.84. The monoisotopic (exact) mass is 437 g/mol. The number of likely N-dealkylation sites (tertiary alicyclic amines) is 1. The molecule has 1 unspecified atom stereocenters. The Kier molecular flexibility index (Phi) is 6.35. The zero-order valence-electron chi connectivity index (χ0n) is 19.3. The minimum atomic E-state index is -0.545. The second-order valence-electron chi connectivity index (χ2n) is 9.21. The molecular weight excluding hydrogens is 406 g/mol. The van der Waals surface area contributed by atoms with E-state index < -0.39 is 5.60 Å². The van der Waals surface area contributed by atoms with Gasteiger partial charge < -0.3 is 14.0 Å². The lowest BCUT2D eigenvalue weighted by Gasteiger charge is -2.26. The smallest absolute Gasteiger partial charge is 0.410 e. The minimum absolute atomic E-state index is 0.255. The Hall–Kier alpha value is -3.09. The molecule has 1 aliphatic rings. The highest BCUT2D eigenvalue weighted by Gasteiger charge is 2.36. The van der Waals surface area contributed by atoms with Gasteiger partial charge in [-0.3, -0.25) is 4.90 Å². The fourth-order valence-electron chi connectivity index (χ4n) is 3.84. The van der Waals surface area contributed by atoms with E-state index in [1.807, 2.05) is 57.2 Å². The number of unbranched alkanes of at least 4 members (excludes halogenated alkanes) is 1. The molecule has 1 aromatic heterocycles. The molecule has 4 rings (SSSR count). The van der Waals surface area contributed by atoms with Gasteiger partial charge in [-0.15, -0.1) is 0 Å². The maximum absolute atomic E-state index is 12.6. The van der Waals surface area contributed by atoms with Crippen LogP contribution >= 0.6 is 0 Å². The van der Waals surface area contributed by atoms with Crippen LogP contribution in [0, 0.1) is 0 Å². The van der Waals surface area contributed by atoms with Crippen LogP contribution in [-0.2, 0) is 4.74 Å². The average molecular weight is 438 g/mol. The SMILES string of the molecule is CCCCOc1ccc2cc(-c3noc(C4CCCN4C(=O)OC(C)(C)C)n3)ccc2c1. The molecule has 1 saturated heterocycles. The topological polar surface area (TPSA) is 77.7 Å². The Labute approximate surface area is 188 Å². The van der Waals surface area contributed by atoms with Crippen molar-refractivity contribution >= 4 is 16.9 Å².